The molecule has 3 N–H and O–H groups in total. The third-order valence-electron chi connectivity index (χ3n) is 5.01. The fraction of sp³-hybridized carbons (Fsp3) is 0.200. The van der Waals surface area contributed by atoms with Gasteiger partial charge in [-0.15, -0.1) is 0 Å². The Morgan fingerprint density at radius 2 is 1.89 bits per heavy atom. The molecule has 27 heavy (non-hydrogen) atoms. The van der Waals surface area contributed by atoms with Gasteiger partial charge in [-0.1, -0.05) is 24.3 Å². The third kappa shape index (κ3) is 3.23. The molecule has 7 heteroatoms. The molecule has 1 aliphatic heterocycles. The fourth-order valence-electron chi connectivity index (χ4n) is 3.56. The molecule has 2 unspecified atom stereocenters. The van der Waals surface area contributed by atoms with Gasteiger partial charge in [0.1, 0.15) is 23.4 Å². The van der Waals surface area contributed by atoms with E-state index in [1.165, 1.54) is 0 Å². The second-order valence-corrected chi connectivity index (χ2v) is 6.68. The minimum Gasteiger partial charge on any atom is -0.621 e. The van der Waals surface area contributed by atoms with Crippen LogP contribution in [-0.4, -0.2) is 29.1 Å². The summed E-state index contributed by atoms with van der Waals surface area (Å²) in [6.07, 6.45) is 1.97. The first-order valence-electron chi connectivity index (χ1n) is 8.63. The van der Waals surface area contributed by atoms with Gasteiger partial charge in [0.15, 0.2) is 0 Å². The Bertz CT molecular complexity index is 984. The normalized spacial score (nSPS) is 22.9. The van der Waals surface area contributed by atoms with Gasteiger partial charge in [-0.05, 0) is 42.3 Å². The summed E-state index contributed by atoms with van der Waals surface area (Å²) in [5.41, 5.74) is 1.94. The Morgan fingerprint density at radius 1 is 1.11 bits per heavy atom. The first-order valence-corrected chi connectivity index (χ1v) is 8.63. The Labute approximate surface area is 154 Å². The number of nitrogens with one attached hydrogen (secondary N) is 2. The van der Waals surface area contributed by atoms with Crippen LogP contribution in [0.2, 0.25) is 0 Å². The van der Waals surface area contributed by atoms with E-state index in [4.69, 9.17) is 4.42 Å². The number of hydroxylamine groups is 1. The minimum absolute atomic E-state index is 0.307. The highest BCUT2D eigenvalue weighted by atomic mass is 16.5. The number of aliphatic carboxylic acids is 1. The quantitative estimate of drug-likeness (QED) is 0.587. The lowest BCUT2D eigenvalue weighted by Gasteiger charge is -2.43. The van der Waals surface area contributed by atoms with Crippen molar-refractivity contribution in [2.24, 2.45) is 5.92 Å². The first-order chi connectivity index (χ1) is 13.0. The van der Waals surface area contributed by atoms with Crippen molar-refractivity contribution in [2.45, 2.75) is 18.5 Å². The number of para-hydroxylation sites is 1. The van der Waals surface area contributed by atoms with Crippen LogP contribution in [0.25, 0.3) is 11.0 Å². The standard InChI is InChI=1S/C20H18N2O5/c23-19(22(26)14-4-2-1-3-5-14)17-15(18(21-17)20(24)25)11-12-6-7-16-13(10-12)8-9-27-16/h1-10,15,17-18,21-22H,11H2,(H,24,25)/t15-,17?,18+/m1/s1. The van der Waals surface area contributed by atoms with Gasteiger partial charge in [-0.25, -0.2) is 4.79 Å². The van der Waals surface area contributed by atoms with Gasteiger partial charge in [-0.2, -0.15) is 0 Å². The number of carbonyl (C=O) groups is 2. The Morgan fingerprint density at radius 3 is 2.63 bits per heavy atom. The molecule has 0 bridgehead atoms. The molecular formula is C20H18N2O5. The highest BCUT2D eigenvalue weighted by Crippen LogP contribution is 2.27. The van der Waals surface area contributed by atoms with Crippen molar-refractivity contribution in [1.82, 2.24) is 5.32 Å². The summed E-state index contributed by atoms with van der Waals surface area (Å²) in [7, 11) is 0. The van der Waals surface area contributed by atoms with Crippen LogP contribution < -0.4 is 10.4 Å². The van der Waals surface area contributed by atoms with Crippen molar-refractivity contribution in [3.8, 4) is 0 Å². The van der Waals surface area contributed by atoms with E-state index in [-0.39, 0.29) is 0 Å². The molecule has 4 atom stereocenters. The number of amides is 1. The number of hydrogen-bond donors (Lipinski definition) is 3. The van der Waals surface area contributed by atoms with Crippen molar-refractivity contribution in [1.29, 1.82) is 0 Å². The van der Waals surface area contributed by atoms with E-state index in [0.717, 1.165) is 16.5 Å². The zero-order chi connectivity index (χ0) is 19.0. The van der Waals surface area contributed by atoms with Crippen LogP contribution in [0, 0.1) is 11.1 Å². The molecule has 3 aromatic rings. The molecule has 1 fully saturated rings. The number of benzene rings is 2. The minimum atomic E-state index is -1.03. The van der Waals surface area contributed by atoms with Crippen LogP contribution in [0.5, 0.6) is 0 Å². The Hall–Kier alpha value is -3.00. The summed E-state index contributed by atoms with van der Waals surface area (Å²) in [6.45, 7) is 0. The average Bonchev–Trinajstić information content (AvgIpc) is 3.12. The second-order valence-electron chi connectivity index (χ2n) is 6.68. The van der Waals surface area contributed by atoms with Gasteiger partial charge in [0.05, 0.1) is 6.26 Å². The lowest BCUT2D eigenvalue weighted by molar-refractivity contribution is -0.691. The summed E-state index contributed by atoms with van der Waals surface area (Å²) >= 11 is 0. The lowest BCUT2D eigenvalue weighted by atomic mass is 9.77. The number of quaternary nitrogens is 1. The number of rotatable bonds is 5. The van der Waals surface area contributed by atoms with E-state index in [0.29, 0.717) is 12.1 Å². The van der Waals surface area contributed by atoms with Gasteiger partial charge in [0.2, 0.25) is 0 Å². The topological polar surface area (TPSA) is 107 Å². The first kappa shape index (κ1) is 17.4. The molecule has 1 aromatic heterocycles. The summed E-state index contributed by atoms with van der Waals surface area (Å²) in [4.78, 5) is 24.1. The smallest absolute Gasteiger partial charge is 0.334 e. The van der Waals surface area contributed by atoms with Gasteiger partial charge < -0.3 is 14.7 Å². The second kappa shape index (κ2) is 6.96. The van der Waals surface area contributed by atoms with Crippen molar-refractivity contribution in [3.63, 3.8) is 0 Å². The zero-order valence-corrected chi connectivity index (χ0v) is 14.3. The molecule has 7 nitrogen and oxygen atoms in total. The maximum atomic E-state index is 12.6. The number of furan rings is 1. The largest absolute Gasteiger partial charge is 0.621 e. The zero-order valence-electron chi connectivity index (χ0n) is 14.3. The molecule has 0 saturated carbocycles. The average molecular weight is 366 g/mol. The number of fused-ring (bicyclic) bond motifs is 1. The maximum Gasteiger partial charge on any atom is 0.334 e. The monoisotopic (exact) mass is 366 g/mol. The van der Waals surface area contributed by atoms with Crippen LogP contribution in [-0.2, 0) is 16.0 Å². The van der Waals surface area contributed by atoms with E-state index >= 15 is 0 Å². The molecule has 1 aliphatic rings. The van der Waals surface area contributed by atoms with E-state index in [1.54, 1.807) is 36.6 Å². The van der Waals surface area contributed by atoms with Crippen LogP contribution in [0.1, 0.15) is 5.56 Å². The van der Waals surface area contributed by atoms with Crippen molar-refractivity contribution in [3.05, 3.63) is 71.6 Å². The molecule has 1 saturated heterocycles. The Kier molecular flexibility index (Phi) is 4.49. The number of hydrogen-bond acceptors (Lipinski definition) is 5. The van der Waals surface area contributed by atoms with Gasteiger partial charge in [0, 0.05) is 11.3 Å². The van der Waals surface area contributed by atoms with Crippen LogP contribution in [0.4, 0.5) is 5.69 Å². The predicted octanol–water partition coefficient (Wildman–Crippen LogP) is 1.26. The molecule has 1 amide bonds. The summed E-state index contributed by atoms with van der Waals surface area (Å²) < 4.78 is 5.31. The van der Waals surface area contributed by atoms with Crippen molar-refractivity contribution in [2.75, 3.05) is 0 Å². The fourth-order valence-corrected chi connectivity index (χ4v) is 3.56. The Balaban J connectivity index is 1.55. The van der Waals surface area contributed by atoms with Gasteiger partial charge >= 0.3 is 11.9 Å². The van der Waals surface area contributed by atoms with Gasteiger partial charge in [-0.3, -0.25) is 15.2 Å². The van der Waals surface area contributed by atoms with E-state index < -0.39 is 34.9 Å². The number of carboxylic acids is 1. The van der Waals surface area contributed by atoms with Gasteiger partial charge in [0.25, 0.3) is 0 Å². The van der Waals surface area contributed by atoms with E-state index in [1.807, 2.05) is 24.3 Å². The number of carbonyl (C=O) groups excluding carboxylic acids is 1. The third-order valence-corrected chi connectivity index (χ3v) is 5.01. The van der Waals surface area contributed by atoms with E-state index in [9.17, 15) is 19.9 Å². The molecule has 0 aliphatic carbocycles. The van der Waals surface area contributed by atoms with Crippen LogP contribution in [0.3, 0.4) is 0 Å². The number of carboxylic acid groups (broad SMARTS) is 1. The molecule has 0 spiro atoms. The maximum absolute atomic E-state index is 12.6. The SMILES string of the molecule is O=C(O)[C@H]1NC(C(=O)[NH+]([O-])c2ccccc2)[C@H]1Cc1ccc2occc2c1. The van der Waals surface area contributed by atoms with Crippen molar-refractivity contribution < 1.29 is 24.2 Å². The van der Waals surface area contributed by atoms with Crippen LogP contribution in [0.15, 0.2) is 65.3 Å². The van der Waals surface area contributed by atoms with E-state index in [2.05, 4.69) is 5.32 Å². The lowest BCUT2D eigenvalue weighted by Crippen LogP contribution is -3.08. The molecule has 2 aromatic carbocycles. The molecule has 138 valence electrons. The molecular weight excluding hydrogens is 348 g/mol. The summed E-state index contributed by atoms with van der Waals surface area (Å²) in [5, 5.41) is 24.9. The highest BCUT2D eigenvalue weighted by molar-refractivity contribution is 5.84. The molecule has 2 heterocycles. The highest BCUT2D eigenvalue weighted by Gasteiger charge is 2.51. The van der Waals surface area contributed by atoms with Crippen LogP contribution >= 0.6 is 0 Å². The van der Waals surface area contributed by atoms with Crippen molar-refractivity contribution >= 4 is 28.5 Å². The molecule has 0 radical (unpaired) electrons. The molecule has 4 rings (SSSR count). The predicted molar refractivity (Wildman–Crippen MR) is 97.2 cm³/mol. The summed E-state index contributed by atoms with van der Waals surface area (Å²) in [6, 6.07) is 14.0. The summed E-state index contributed by atoms with van der Waals surface area (Å²) in [5.74, 6) is -2.12.